The number of hydrogen-bond acceptors (Lipinski definition) is 3. The fourth-order valence-corrected chi connectivity index (χ4v) is 3.27. The molecule has 0 spiro atoms. The molecule has 8 heteroatoms. The van der Waals surface area contributed by atoms with Gasteiger partial charge in [0.05, 0.1) is 17.7 Å². The minimum Gasteiger partial charge on any atom is -0.383 e. The first-order valence-corrected chi connectivity index (χ1v) is 7.32. The zero-order chi connectivity index (χ0) is 13.8. The molecular formula is C10H12Cl2FNO3S. The Kier molecular flexibility index (Phi) is 5.81. The van der Waals surface area contributed by atoms with E-state index in [1.54, 1.807) is 0 Å². The summed E-state index contributed by atoms with van der Waals surface area (Å²) in [4.78, 5) is -0.324. The van der Waals surface area contributed by atoms with Gasteiger partial charge in [-0.05, 0) is 18.2 Å². The van der Waals surface area contributed by atoms with Crippen molar-refractivity contribution in [3.63, 3.8) is 0 Å². The van der Waals surface area contributed by atoms with E-state index in [2.05, 4.69) is 4.72 Å². The van der Waals surface area contributed by atoms with Crippen LogP contribution in [0.1, 0.15) is 0 Å². The summed E-state index contributed by atoms with van der Waals surface area (Å²) in [7, 11) is -2.51. The molecule has 0 fully saturated rings. The molecule has 1 rings (SSSR count). The molecule has 0 aliphatic carbocycles. The maximum absolute atomic E-state index is 13.0. The van der Waals surface area contributed by atoms with E-state index in [1.165, 1.54) is 13.2 Å². The molecule has 1 aromatic carbocycles. The maximum atomic E-state index is 13.0. The van der Waals surface area contributed by atoms with Crippen LogP contribution >= 0.6 is 23.2 Å². The van der Waals surface area contributed by atoms with Gasteiger partial charge in [-0.2, -0.15) is 0 Å². The van der Waals surface area contributed by atoms with Crippen LogP contribution in [-0.2, 0) is 14.8 Å². The topological polar surface area (TPSA) is 55.4 Å². The lowest BCUT2D eigenvalue weighted by molar-refractivity contribution is 0.181. The van der Waals surface area contributed by atoms with Gasteiger partial charge < -0.3 is 4.74 Å². The molecular weight excluding hydrogens is 304 g/mol. The van der Waals surface area contributed by atoms with Crippen LogP contribution in [-0.4, -0.2) is 34.1 Å². The van der Waals surface area contributed by atoms with E-state index >= 15 is 0 Å². The minimum atomic E-state index is -3.93. The van der Waals surface area contributed by atoms with Crippen molar-refractivity contribution in [2.24, 2.45) is 0 Å². The van der Waals surface area contributed by atoms with Gasteiger partial charge in [0.25, 0.3) is 0 Å². The molecule has 102 valence electrons. The van der Waals surface area contributed by atoms with Gasteiger partial charge in [0.15, 0.2) is 0 Å². The Labute approximate surface area is 115 Å². The van der Waals surface area contributed by atoms with Crippen LogP contribution in [0, 0.1) is 5.82 Å². The lowest BCUT2D eigenvalue weighted by atomic mass is 10.3. The van der Waals surface area contributed by atoms with Gasteiger partial charge in [0.1, 0.15) is 10.7 Å². The van der Waals surface area contributed by atoms with Gasteiger partial charge in [0.2, 0.25) is 10.0 Å². The Bertz CT molecular complexity index is 510. The molecule has 0 aliphatic heterocycles. The molecule has 0 saturated heterocycles. The Morgan fingerprint density at radius 1 is 1.50 bits per heavy atom. The summed E-state index contributed by atoms with van der Waals surface area (Å²) in [6.45, 7) is 0.107. The van der Waals surface area contributed by atoms with Crippen LogP contribution in [0.25, 0.3) is 0 Å². The summed E-state index contributed by atoms with van der Waals surface area (Å²) in [5.74, 6) is -0.658. The van der Waals surface area contributed by atoms with Crippen molar-refractivity contribution in [2.75, 3.05) is 19.6 Å². The molecule has 0 radical (unpaired) electrons. The number of sulfonamides is 1. The van der Waals surface area contributed by atoms with E-state index in [4.69, 9.17) is 27.9 Å². The second-order valence-electron chi connectivity index (χ2n) is 3.50. The minimum absolute atomic E-state index is 0.0278. The van der Waals surface area contributed by atoms with E-state index in [0.29, 0.717) is 0 Å². The van der Waals surface area contributed by atoms with Crippen molar-refractivity contribution in [3.05, 3.63) is 29.0 Å². The number of rotatable bonds is 6. The molecule has 0 aliphatic rings. The second kappa shape index (κ2) is 6.68. The molecule has 0 amide bonds. The highest BCUT2D eigenvalue weighted by Gasteiger charge is 2.22. The lowest BCUT2D eigenvalue weighted by Crippen LogP contribution is -2.39. The molecule has 0 aromatic heterocycles. The Morgan fingerprint density at radius 3 is 2.72 bits per heavy atom. The molecule has 0 heterocycles. The zero-order valence-electron chi connectivity index (χ0n) is 9.49. The predicted molar refractivity (Wildman–Crippen MR) is 68.1 cm³/mol. The number of nitrogens with one attached hydrogen (secondary N) is 1. The SMILES string of the molecule is COCC(CCl)NS(=O)(=O)c1cc(F)ccc1Cl. The van der Waals surface area contributed by atoms with Crippen molar-refractivity contribution in [1.82, 2.24) is 4.72 Å². The Balaban J connectivity index is 3.02. The third-order valence-electron chi connectivity index (χ3n) is 2.06. The van der Waals surface area contributed by atoms with Crippen LogP contribution < -0.4 is 4.72 Å². The summed E-state index contributed by atoms with van der Waals surface area (Å²) in [6, 6.07) is 2.50. The van der Waals surface area contributed by atoms with E-state index in [1.807, 2.05) is 0 Å². The first-order valence-electron chi connectivity index (χ1n) is 4.93. The highest BCUT2D eigenvalue weighted by molar-refractivity contribution is 7.89. The average Bonchev–Trinajstić information content (AvgIpc) is 2.31. The first-order chi connectivity index (χ1) is 8.40. The number of ether oxygens (including phenoxy) is 1. The molecule has 4 nitrogen and oxygen atoms in total. The van der Waals surface area contributed by atoms with Crippen molar-refractivity contribution in [1.29, 1.82) is 0 Å². The lowest BCUT2D eigenvalue weighted by Gasteiger charge is -2.15. The number of benzene rings is 1. The van der Waals surface area contributed by atoms with Gasteiger partial charge in [-0.15, -0.1) is 11.6 Å². The highest BCUT2D eigenvalue weighted by Crippen LogP contribution is 2.22. The van der Waals surface area contributed by atoms with Crippen molar-refractivity contribution in [2.45, 2.75) is 10.9 Å². The van der Waals surface area contributed by atoms with Crippen molar-refractivity contribution < 1.29 is 17.5 Å². The summed E-state index contributed by atoms with van der Waals surface area (Å²) in [5, 5.41) is -0.0605. The Hall–Kier alpha value is -0.400. The number of alkyl halides is 1. The van der Waals surface area contributed by atoms with Crippen LogP contribution in [0.5, 0.6) is 0 Å². The van der Waals surface area contributed by atoms with Crippen LogP contribution in [0.2, 0.25) is 5.02 Å². The molecule has 0 saturated carbocycles. The Morgan fingerprint density at radius 2 is 2.17 bits per heavy atom. The van der Waals surface area contributed by atoms with Gasteiger partial charge in [-0.25, -0.2) is 17.5 Å². The third kappa shape index (κ3) is 4.07. The molecule has 1 N–H and O–H groups in total. The summed E-state index contributed by atoms with van der Waals surface area (Å²) in [5.41, 5.74) is 0. The van der Waals surface area contributed by atoms with Crippen molar-refractivity contribution >= 4 is 33.2 Å². The standard InChI is InChI=1S/C10H12Cl2FNO3S/c1-17-6-8(5-11)14-18(15,16)10-4-7(13)2-3-9(10)12/h2-4,8,14H,5-6H2,1H3. The number of methoxy groups -OCH3 is 1. The van der Waals surface area contributed by atoms with Gasteiger partial charge in [0, 0.05) is 13.0 Å². The van der Waals surface area contributed by atoms with Crippen LogP contribution in [0.3, 0.4) is 0 Å². The maximum Gasteiger partial charge on any atom is 0.242 e. The molecule has 1 unspecified atom stereocenters. The monoisotopic (exact) mass is 315 g/mol. The summed E-state index contributed by atoms with van der Waals surface area (Å²) in [6.07, 6.45) is 0. The molecule has 0 bridgehead atoms. The summed E-state index contributed by atoms with van der Waals surface area (Å²) >= 11 is 11.3. The predicted octanol–water partition coefficient (Wildman–Crippen LogP) is 2.01. The fraction of sp³-hybridized carbons (Fsp3) is 0.400. The van der Waals surface area contributed by atoms with Gasteiger partial charge in [-0.1, -0.05) is 11.6 Å². The number of hydrogen-bond donors (Lipinski definition) is 1. The van der Waals surface area contributed by atoms with E-state index in [9.17, 15) is 12.8 Å². The van der Waals surface area contributed by atoms with Crippen molar-refractivity contribution in [3.8, 4) is 0 Å². The average molecular weight is 316 g/mol. The zero-order valence-corrected chi connectivity index (χ0v) is 11.8. The quantitative estimate of drug-likeness (QED) is 0.817. The molecule has 1 atom stereocenters. The van der Waals surface area contributed by atoms with Crippen LogP contribution in [0.15, 0.2) is 23.1 Å². The second-order valence-corrected chi connectivity index (χ2v) is 5.90. The van der Waals surface area contributed by atoms with Gasteiger partial charge in [-0.3, -0.25) is 0 Å². The van der Waals surface area contributed by atoms with Crippen LogP contribution in [0.4, 0.5) is 4.39 Å². The summed E-state index contributed by atoms with van der Waals surface area (Å²) < 4.78 is 44.1. The van der Waals surface area contributed by atoms with E-state index < -0.39 is 21.9 Å². The fourth-order valence-electron chi connectivity index (χ4n) is 1.28. The highest BCUT2D eigenvalue weighted by atomic mass is 35.5. The normalized spacial score (nSPS) is 13.6. The van der Waals surface area contributed by atoms with E-state index in [0.717, 1.165) is 12.1 Å². The van der Waals surface area contributed by atoms with Gasteiger partial charge >= 0.3 is 0 Å². The third-order valence-corrected chi connectivity index (χ3v) is 4.43. The first kappa shape index (κ1) is 15.7. The van der Waals surface area contributed by atoms with E-state index in [-0.39, 0.29) is 22.4 Å². The largest absolute Gasteiger partial charge is 0.383 e. The smallest absolute Gasteiger partial charge is 0.242 e. The number of halogens is 3. The molecule has 1 aromatic rings. The molecule has 18 heavy (non-hydrogen) atoms.